The third-order valence-corrected chi connectivity index (χ3v) is 4.71. The maximum Gasteiger partial charge on any atom is 0.144 e. The molecule has 0 saturated carbocycles. The summed E-state index contributed by atoms with van der Waals surface area (Å²) in [5.74, 6) is 0.950. The van der Waals surface area contributed by atoms with Gasteiger partial charge in [-0.3, -0.25) is 0 Å². The lowest BCUT2D eigenvalue weighted by atomic mass is 9.83. The Labute approximate surface area is 156 Å². The Hall–Kier alpha value is -2.86. The van der Waals surface area contributed by atoms with E-state index in [9.17, 15) is 5.26 Å². The minimum Gasteiger partial charge on any atom is -0.303 e. The molecule has 0 aliphatic heterocycles. The van der Waals surface area contributed by atoms with Crippen LogP contribution in [0.25, 0.3) is 17.1 Å². The van der Waals surface area contributed by atoms with Crippen LogP contribution in [-0.4, -0.2) is 9.55 Å². The summed E-state index contributed by atoms with van der Waals surface area (Å²) in [7, 11) is 0. The Morgan fingerprint density at radius 2 is 1.85 bits per heavy atom. The van der Waals surface area contributed by atoms with E-state index in [0.717, 1.165) is 23.4 Å². The molecule has 3 nitrogen and oxygen atoms in total. The van der Waals surface area contributed by atoms with Crippen molar-refractivity contribution < 1.29 is 0 Å². The van der Waals surface area contributed by atoms with Crippen LogP contribution in [0.1, 0.15) is 46.6 Å². The molecule has 2 aromatic rings. The molecule has 1 aliphatic rings. The van der Waals surface area contributed by atoms with E-state index in [0.29, 0.717) is 5.57 Å². The number of hydrogen-bond donors (Lipinski definition) is 0. The summed E-state index contributed by atoms with van der Waals surface area (Å²) < 4.78 is 2.17. The van der Waals surface area contributed by atoms with Crippen molar-refractivity contribution in [3.8, 4) is 17.5 Å². The number of hydrogen-bond acceptors (Lipinski definition) is 2. The van der Waals surface area contributed by atoms with Gasteiger partial charge >= 0.3 is 0 Å². The van der Waals surface area contributed by atoms with Crippen LogP contribution in [-0.2, 0) is 5.41 Å². The third kappa shape index (κ3) is 3.41. The van der Waals surface area contributed by atoms with Crippen molar-refractivity contribution in [1.29, 1.82) is 5.26 Å². The van der Waals surface area contributed by atoms with Crippen LogP contribution in [0.15, 0.2) is 65.5 Å². The van der Waals surface area contributed by atoms with E-state index >= 15 is 0 Å². The number of benzene rings is 1. The van der Waals surface area contributed by atoms with Gasteiger partial charge in [0.2, 0.25) is 0 Å². The zero-order valence-electron chi connectivity index (χ0n) is 16.2. The first kappa shape index (κ1) is 17.9. The van der Waals surface area contributed by atoms with Crippen molar-refractivity contribution in [2.45, 2.75) is 46.5 Å². The lowest BCUT2D eigenvalue weighted by Crippen LogP contribution is -2.14. The molecule has 26 heavy (non-hydrogen) atoms. The zero-order valence-corrected chi connectivity index (χ0v) is 16.2. The molecular formula is C23H25N3. The minimum atomic E-state index is 0.0317. The zero-order chi connectivity index (χ0) is 18.9. The number of nitriles is 1. The van der Waals surface area contributed by atoms with Gasteiger partial charge in [0.05, 0.1) is 11.6 Å². The number of imidazole rings is 1. The van der Waals surface area contributed by atoms with E-state index in [4.69, 9.17) is 0 Å². The van der Waals surface area contributed by atoms with Gasteiger partial charge in [-0.05, 0) is 42.6 Å². The largest absolute Gasteiger partial charge is 0.303 e. The third-order valence-electron chi connectivity index (χ3n) is 4.71. The first-order valence-electron chi connectivity index (χ1n) is 8.93. The van der Waals surface area contributed by atoms with Crippen LogP contribution in [0.4, 0.5) is 0 Å². The van der Waals surface area contributed by atoms with E-state index in [2.05, 4.69) is 74.5 Å². The first-order chi connectivity index (χ1) is 12.3. The Balaban J connectivity index is 2.19. The van der Waals surface area contributed by atoms with Crippen LogP contribution in [0.2, 0.25) is 0 Å². The summed E-state index contributed by atoms with van der Waals surface area (Å²) in [6.07, 6.45) is 8.61. The molecule has 0 N–H and O–H groups in total. The molecule has 132 valence electrons. The summed E-state index contributed by atoms with van der Waals surface area (Å²) in [5, 5.41) is 9.32. The van der Waals surface area contributed by atoms with E-state index < -0.39 is 0 Å². The molecule has 3 heteroatoms. The fourth-order valence-electron chi connectivity index (χ4n) is 3.47. The van der Waals surface area contributed by atoms with Gasteiger partial charge in [-0.25, -0.2) is 4.98 Å². The summed E-state index contributed by atoms with van der Waals surface area (Å²) in [5.41, 5.74) is 6.60. The van der Waals surface area contributed by atoms with Crippen molar-refractivity contribution in [1.82, 2.24) is 9.55 Å². The normalized spacial score (nSPS) is 15.2. The van der Waals surface area contributed by atoms with E-state index in [-0.39, 0.29) is 5.41 Å². The second-order valence-corrected chi connectivity index (χ2v) is 7.93. The standard InChI is InChI=1S/C23H25N3/c1-16-12-18(15-24)14-17(2)21(13-16)26-11-10-25-22(26)19-8-6-7-9-20(19)23(3,4)5/h6-12,14H,13H2,1-5H3. The summed E-state index contributed by atoms with van der Waals surface area (Å²) in [6.45, 7) is 10.8. The van der Waals surface area contributed by atoms with Crippen molar-refractivity contribution in [2.24, 2.45) is 0 Å². The number of nitrogens with zero attached hydrogens (tertiary/aromatic N) is 3. The average molecular weight is 343 g/mol. The van der Waals surface area contributed by atoms with Crippen molar-refractivity contribution in [3.63, 3.8) is 0 Å². The van der Waals surface area contributed by atoms with Crippen LogP contribution in [0.3, 0.4) is 0 Å². The smallest absolute Gasteiger partial charge is 0.144 e. The SMILES string of the molecule is CC1=CC(C#N)=CC(C)=C(n2ccnc2-c2ccccc2C(C)(C)C)C1. The van der Waals surface area contributed by atoms with Gasteiger partial charge in [0, 0.05) is 30.1 Å². The minimum absolute atomic E-state index is 0.0317. The van der Waals surface area contributed by atoms with E-state index in [1.165, 1.54) is 16.8 Å². The van der Waals surface area contributed by atoms with E-state index in [1.54, 1.807) is 0 Å². The molecule has 1 aromatic heterocycles. The highest BCUT2D eigenvalue weighted by Crippen LogP contribution is 2.35. The van der Waals surface area contributed by atoms with Gasteiger partial charge in [0.15, 0.2) is 0 Å². The quantitative estimate of drug-likeness (QED) is 0.683. The molecular weight excluding hydrogens is 318 g/mol. The summed E-state index contributed by atoms with van der Waals surface area (Å²) >= 11 is 0. The molecule has 0 unspecified atom stereocenters. The predicted octanol–water partition coefficient (Wildman–Crippen LogP) is 5.88. The maximum absolute atomic E-state index is 9.32. The number of aromatic nitrogens is 2. The molecule has 0 amide bonds. The van der Waals surface area contributed by atoms with E-state index in [1.807, 2.05) is 24.5 Å². The second kappa shape index (κ2) is 6.80. The summed E-state index contributed by atoms with van der Waals surface area (Å²) in [4.78, 5) is 4.69. The molecule has 1 aromatic carbocycles. The molecule has 0 bridgehead atoms. The van der Waals surface area contributed by atoms with Crippen LogP contribution in [0, 0.1) is 11.3 Å². The van der Waals surface area contributed by atoms with Gasteiger partial charge in [-0.2, -0.15) is 5.26 Å². The van der Waals surface area contributed by atoms with Crippen molar-refractivity contribution >= 4 is 5.70 Å². The molecule has 0 radical (unpaired) electrons. The molecule has 0 spiro atoms. The highest BCUT2D eigenvalue weighted by atomic mass is 15.1. The lowest BCUT2D eigenvalue weighted by molar-refractivity contribution is 0.591. The summed E-state index contributed by atoms with van der Waals surface area (Å²) in [6, 6.07) is 10.7. The highest BCUT2D eigenvalue weighted by molar-refractivity contribution is 5.70. The fraction of sp³-hybridized carbons (Fsp3) is 0.304. The van der Waals surface area contributed by atoms with Crippen molar-refractivity contribution in [2.75, 3.05) is 0 Å². The van der Waals surface area contributed by atoms with Gasteiger partial charge < -0.3 is 4.57 Å². The molecule has 1 heterocycles. The van der Waals surface area contributed by atoms with Gasteiger partial charge in [-0.15, -0.1) is 0 Å². The molecule has 0 saturated heterocycles. The number of allylic oxidation sites excluding steroid dienone is 6. The average Bonchev–Trinajstić information content (AvgIpc) is 3.01. The molecule has 3 rings (SSSR count). The Kier molecular flexibility index (Phi) is 4.70. The molecule has 1 aliphatic carbocycles. The van der Waals surface area contributed by atoms with Gasteiger partial charge in [0.1, 0.15) is 5.82 Å². The lowest BCUT2D eigenvalue weighted by Gasteiger charge is -2.23. The first-order valence-corrected chi connectivity index (χ1v) is 8.93. The molecule has 0 fully saturated rings. The van der Waals surface area contributed by atoms with Crippen LogP contribution < -0.4 is 0 Å². The Morgan fingerprint density at radius 3 is 2.54 bits per heavy atom. The van der Waals surface area contributed by atoms with Crippen molar-refractivity contribution in [3.05, 3.63) is 71.1 Å². The fourth-order valence-corrected chi connectivity index (χ4v) is 3.47. The predicted molar refractivity (Wildman–Crippen MR) is 107 cm³/mol. The second-order valence-electron chi connectivity index (χ2n) is 7.93. The van der Waals surface area contributed by atoms with Gasteiger partial charge in [0.25, 0.3) is 0 Å². The van der Waals surface area contributed by atoms with Crippen LogP contribution >= 0.6 is 0 Å². The maximum atomic E-state index is 9.32. The Morgan fingerprint density at radius 1 is 1.12 bits per heavy atom. The Bertz CT molecular complexity index is 969. The highest BCUT2D eigenvalue weighted by Gasteiger charge is 2.22. The topological polar surface area (TPSA) is 41.6 Å². The van der Waals surface area contributed by atoms with Crippen LogP contribution in [0.5, 0.6) is 0 Å². The molecule has 0 atom stereocenters. The number of rotatable bonds is 2. The van der Waals surface area contributed by atoms with Gasteiger partial charge in [-0.1, -0.05) is 50.6 Å². The monoisotopic (exact) mass is 343 g/mol.